The minimum atomic E-state index is -0.240. The van der Waals surface area contributed by atoms with Gasteiger partial charge in [-0.1, -0.05) is 48.5 Å². The molecule has 2 aromatic carbocycles. The zero-order chi connectivity index (χ0) is 20.2. The molecule has 1 fully saturated rings. The van der Waals surface area contributed by atoms with Gasteiger partial charge >= 0.3 is 5.63 Å². The summed E-state index contributed by atoms with van der Waals surface area (Å²) in [5, 5.41) is 1.08. The van der Waals surface area contributed by atoms with Gasteiger partial charge < -0.3 is 14.2 Å². The van der Waals surface area contributed by atoms with Gasteiger partial charge in [0.2, 0.25) is 0 Å². The molecule has 0 spiro atoms. The number of quaternary nitrogens is 2. The monoisotopic (exact) mass is 390 g/mol. The van der Waals surface area contributed by atoms with Crippen LogP contribution in [0, 0.1) is 13.8 Å². The first kappa shape index (κ1) is 19.6. The van der Waals surface area contributed by atoms with Crippen LogP contribution in [0.2, 0.25) is 0 Å². The minimum absolute atomic E-state index is 0.240. The average molecular weight is 391 g/mol. The fraction of sp³-hybridized carbons (Fsp3) is 0.320. The first-order valence-corrected chi connectivity index (χ1v) is 10.5. The van der Waals surface area contributed by atoms with Crippen molar-refractivity contribution in [3.8, 4) is 0 Å². The molecule has 1 aromatic heterocycles. The number of piperazine rings is 1. The predicted molar refractivity (Wildman–Crippen MR) is 117 cm³/mol. The van der Waals surface area contributed by atoms with Crippen molar-refractivity contribution in [2.45, 2.75) is 20.4 Å². The summed E-state index contributed by atoms with van der Waals surface area (Å²) in [7, 11) is 0. The van der Waals surface area contributed by atoms with Crippen LogP contribution >= 0.6 is 0 Å². The summed E-state index contributed by atoms with van der Waals surface area (Å²) in [5.74, 6) is 0. The van der Waals surface area contributed by atoms with Crippen molar-refractivity contribution in [2.75, 3.05) is 32.7 Å². The summed E-state index contributed by atoms with van der Waals surface area (Å²) in [4.78, 5) is 15.3. The van der Waals surface area contributed by atoms with Crippen LogP contribution in [-0.2, 0) is 6.54 Å². The van der Waals surface area contributed by atoms with Gasteiger partial charge in [0, 0.05) is 17.0 Å². The quantitative estimate of drug-likeness (QED) is 0.647. The highest BCUT2D eigenvalue weighted by Gasteiger charge is 2.23. The zero-order valence-electron chi connectivity index (χ0n) is 17.3. The Balaban J connectivity index is 1.38. The number of hydrogen-bond acceptors (Lipinski definition) is 2. The maximum absolute atomic E-state index is 12.1. The van der Waals surface area contributed by atoms with Gasteiger partial charge in [-0.05, 0) is 36.6 Å². The third-order valence-electron chi connectivity index (χ3n) is 6.14. The SMILES string of the molecule is Cc1ccc2c(C[NH+]3CC[NH+](C/C=C/c4ccccc4)CC3)cc(=O)oc2c1C. The third-order valence-corrected chi connectivity index (χ3v) is 6.14. The van der Waals surface area contributed by atoms with Crippen molar-refractivity contribution in [3.63, 3.8) is 0 Å². The summed E-state index contributed by atoms with van der Waals surface area (Å²) in [6, 6.07) is 16.4. The van der Waals surface area contributed by atoms with Gasteiger partial charge in [-0.3, -0.25) is 0 Å². The Morgan fingerprint density at radius 3 is 2.45 bits per heavy atom. The highest BCUT2D eigenvalue weighted by Crippen LogP contribution is 2.22. The van der Waals surface area contributed by atoms with Crippen LogP contribution in [0.15, 0.2) is 63.8 Å². The van der Waals surface area contributed by atoms with Gasteiger partial charge in [-0.15, -0.1) is 0 Å². The van der Waals surface area contributed by atoms with Crippen molar-refractivity contribution in [1.29, 1.82) is 0 Å². The summed E-state index contributed by atoms with van der Waals surface area (Å²) in [6.45, 7) is 10.6. The molecule has 0 radical (unpaired) electrons. The van der Waals surface area contributed by atoms with E-state index in [1.165, 1.54) is 5.56 Å². The summed E-state index contributed by atoms with van der Waals surface area (Å²) in [6.07, 6.45) is 4.50. The Bertz CT molecular complexity index is 1060. The van der Waals surface area contributed by atoms with Gasteiger partial charge in [0.25, 0.3) is 0 Å². The van der Waals surface area contributed by atoms with E-state index < -0.39 is 0 Å². The van der Waals surface area contributed by atoms with Gasteiger partial charge in [-0.25, -0.2) is 4.79 Å². The second-order valence-electron chi connectivity index (χ2n) is 8.17. The lowest BCUT2D eigenvalue weighted by Gasteiger charge is -2.29. The van der Waals surface area contributed by atoms with E-state index in [-0.39, 0.29) is 5.63 Å². The van der Waals surface area contributed by atoms with E-state index in [0.29, 0.717) is 0 Å². The molecular formula is C25H30N2O2+2. The number of benzene rings is 2. The molecule has 3 aromatic rings. The van der Waals surface area contributed by atoms with Gasteiger partial charge in [0.1, 0.15) is 38.3 Å². The van der Waals surface area contributed by atoms with Crippen LogP contribution in [0.3, 0.4) is 0 Å². The maximum atomic E-state index is 12.1. The number of rotatable bonds is 5. The third kappa shape index (κ3) is 4.66. The Kier molecular flexibility index (Phi) is 5.93. The number of hydrogen-bond donors (Lipinski definition) is 2. The lowest BCUT2D eigenvalue weighted by atomic mass is 10.0. The molecule has 4 rings (SSSR count). The predicted octanol–water partition coefficient (Wildman–Crippen LogP) is 1.41. The van der Waals surface area contributed by atoms with Crippen LogP contribution < -0.4 is 15.4 Å². The van der Waals surface area contributed by atoms with E-state index in [4.69, 9.17) is 4.42 Å². The van der Waals surface area contributed by atoms with Gasteiger partial charge in [0.15, 0.2) is 0 Å². The van der Waals surface area contributed by atoms with Crippen molar-refractivity contribution in [2.24, 2.45) is 0 Å². The maximum Gasteiger partial charge on any atom is 0.336 e. The Morgan fingerprint density at radius 2 is 1.69 bits per heavy atom. The van der Waals surface area contributed by atoms with Gasteiger partial charge in [0.05, 0.1) is 6.54 Å². The summed E-state index contributed by atoms with van der Waals surface area (Å²) in [5.41, 5.74) is 5.11. The largest absolute Gasteiger partial charge is 0.422 e. The molecule has 0 amide bonds. The Hall–Kier alpha value is -2.69. The van der Waals surface area contributed by atoms with E-state index >= 15 is 0 Å². The molecule has 0 saturated carbocycles. The lowest BCUT2D eigenvalue weighted by molar-refractivity contribution is -1.02. The van der Waals surface area contributed by atoms with E-state index in [1.54, 1.807) is 15.9 Å². The second-order valence-corrected chi connectivity index (χ2v) is 8.17. The number of nitrogens with one attached hydrogen (secondary N) is 2. The molecule has 0 unspecified atom stereocenters. The fourth-order valence-electron chi connectivity index (χ4n) is 4.20. The van der Waals surface area contributed by atoms with Crippen LogP contribution in [-0.4, -0.2) is 32.7 Å². The van der Waals surface area contributed by atoms with Crippen LogP contribution in [0.1, 0.15) is 22.3 Å². The van der Waals surface area contributed by atoms with Crippen LogP contribution in [0.4, 0.5) is 0 Å². The molecule has 1 aliphatic heterocycles. The molecule has 150 valence electrons. The van der Waals surface area contributed by atoms with Crippen LogP contribution in [0.25, 0.3) is 17.0 Å². The molecule has 2 N–H and O–H groups in total. The topological polar surface area (TPSA) is 39.1 Å². The van der Waals surface area contributed by atoms with Crippen molar-refractivity contribution >= 4 is 17.0 Å². The number of aryl methyl sites for hydroxylation is 2. The highest BCUT2D eigenvalue weighted by molar-refractivity contribution is 5.83. The Labute approximate surface area is 172 Å². The molecule has 2 heterocycles. The van der Waals surface area contributed by atoms with Crippen molar-refractivity contribution in [3.05, 3.63) is 87.3 Å². The van der Waals surface area contributed by atoms with Crippen LogP contribution in [0.5, 0.6) is 0 Å². The highest BCUT2D eigenvalue weighted by atomic mass is 16.4. The molecular weight excluding hydrogens is 360 g/mol. The smallest absolute Gasteiger partial charge is 0.336 e. The summed E-state index contributed by atoms with van der Waals surface area (Å²) < 4.78 is 5.52. The second kappa shape index (κ2) is 8.76. The normalized spacial score (nSPS) is 19.8. The first-order chi connectivity index (χ1) is 14.1. The van der Waals surface area contributed by atoms with E-state index in [0.717, 1.165) is 66.9 Å². The van der Waals surface area contributed by atoms with Gasteiger partial charge in [-0.2, -0.15) is 0 Å². The fourth-order valence-corrected chi connectivity index (χ4v) is 4.20. The standard InChI is InChI=1S/C25H28N2O2/c1-19-10-11-23-22(17-24(28)29-25(23)20(19)2)18-27-15-13-26(14-16-27)12-6-9-21-7-4-3-5-8-21/h3-11,17H,12-16,18H2,1-2H3/p+2/b9-6+. The molecule has 1 saturated heterocycles. The average Bonchev–Trinajstić information content (AvgIpc) is 2.73. The zero-order valence-corrected chi connectivity index (χ0v) is 17.3. The lowest BCUT2D eigenvalue weighted by Crippen LogP contribution is -3.27. The molecule has 0 aliphatic carbocycles. The molecule has 0 bridgehead atoms. The van der Waals surface area contributed by atoms with Crippen molar-refractivity contribution < 1.29 is 14.2 Å². The van der Waals surface area contributed by atoms with E-state index in [9.17, 15) is 4.79 Å². The van der Waals surface area contributed by atoms with E-state index in [2.05, 4.69) is 55.5 Å². The Morgan fingerprint density at radius 1 is 0.966 bits per heavy atom. The molecule has 0 atom stereocenters. The molecule has 29 heavy (non-hydrogen) atoms. The molecule has 1 aliphatic rings. The minimum Gasteiger partial charge on any atom is -0.422 e. The number of fused-ring (bicyclic) bond motifs is 1. The molecule has 4 heteroatoms. The van der Waals surface area contributed by atoms with Crippen molar-refractivity contribution in [1.82, 2.24) is 0 Å². The summed E-state index contributed by atoms with van der Waals surface area (Å²) >= 11 is 0. The molecule has 4 nitrogen and oxygen atoms in total. The van der Waals surface area contributed by atoms with E-state index in [1.807, 2.05) is 13.0 Å². The first-order valence-electron chi connectivity index (χ1n) is 10.5.